The van der Waals surface area contributed by atoms with Gasteiger partial charge in [-0.2, -0.15) is 0 Å². The van der Waals surface area contributed by atoms with E-state index in [1.165, 1.54) is 12.0 Å². The molecule has 0 saturated heterocycles. The van der Waals surface area contributed by atoms with Crippen molar-refractivity contribution in [1.29, 1.82) is 0 Å². The molecule has 1 heterocycles. The van der Waals surface area contributed by atoms with Gasteiger partial charge in [-0.25, -0.2) is 0 Å². The fraction of sp³-hybridized carbons (Fsp3) is 0.286. The zero-order chi connectivity index (χ0) is 13.3. The van der Waals surface area contributed by atoms with Gasteiger partial charge >= 0.3 is 5.97 Å². The van der Waals surface area contributed by atoms with Gasteiger partial charge in [0.2, 0.25) is 5.91 Å². The van der Waals surface area contributed by atoms with Crippen LogP contribution in [-0.4, -0.2) is 26.0 Å². The molecule has 4 nitrogen and oxygen atoms in total. The molecule has 1 aromatic carbocycles. The van der Waals surface area contributed by atoms with Crippen LogP contribution in [0.4, 0.5) is 5.69 Å². The van der Waals surface area contributed by atoms with E-state index in [-0.39, 0.29) is 12.3 Å². The summed E-state index contributed by atoms with van der Waals surface area (Å²) in [5, 5.41) is 0. The summed E-state index contributed by atoms with van der Waals surface area (Å²) >= 11 is 0. The molecule has 1 aromatic rings. The molecule has 94 valence electrons. The number of para-hydroxylation sites is 1. The Morgan fingerprint density at radius 3 is 2.78 bits per heavy atom. The minimum Gasteiger partial charge on any atom is -0.468 e. The van der Waals surface area contributed by atoms with Gasteiger partial charge in [0, 0.05) is 18.3 Å². The van der Waals surface area contributed by atoms with Crippen molar-refractivity contribution in [1.82, 2.24) is 0 Å². The summed E-state index contributed by atoms with van der Waals surface area (Å²) in [6, 6.07) is 7.26. The number of carbonyl (C=O) groups excluding carboxylic acids is 2. The van der Waals surface area contributed by atoms with E-state index >= 15 is 0 Å². The quantitative estimate of drug-likeness (QED) is 0.462. The molecule has 0 unspecified atom stereocenters. The number of fused-ring (bicyclic) bond motifs is 1. The lowest BCUT2D eigenvalue weighted by Gasteiger charge is -2.23. The van der Waals surface area contributed by atoms with Crippen molar-refractivity contribution in [3.63, 3.8) is 0 Å². The first-order valence-electron chi connectivity index (χ1n) is 5.66. The summed E-state index contributed by atoms with van der Waals surface area (Å²) in [5.41, 5.74) is 0.154. The molecule has 2 rings (SSSR count). The molecule has 0 spiro atoms. The van der Waals surface area contributed by atoms with Crippen LogP contribution in [-0.2, 0) is 19.7 Å². The van der Waals surface area contributed by atoms with Crippen molar-refractivity contribution in [2.24, 2.45) is 0 Å². The van der Waals surface area contributed by atoms with E-state index in [9.17, 15) is 9.59 Å². The Kier molecular flexibility index (Phi) is 2.95. The third kappa shape index (κ3) is 1.38. The first kappa shape index (κ1) is 12.4. The first-order chi connectivity index (χ1) is 8.59. The topological polar surface area (TPSA) is 46.6 Å². The van der Waals surface area contributed by atoms with Crippen molar-refractivity contribution in [2.45, 2.75) is 11.8 Å². The molecule has 1 amide bonds. The van der Waals surface area contributed by atoms with Crippen LogP contribution >= 0.6 is 0 Å². The molecule has 0 saturated carbocycles. The number of carbonyl (C=O) groups is 2. The number of nitrogens with zero attached hydrogens (tertiary/aromatic N) is 1. The number of likely N-dealkylation sites (N-methyl/N-ethyl adjacent to an activating group) is 1. The molecule has 4 heteroatoms. The number of rotatable bonds is 3. The van der Waals surface area contributed by atoms with Crippen LogP contribution in [0, 0.1) is 0 Å². The minimum atomic E-state index is -1.28. The van der Waals surface area contributed by atoms with E-state index in [1.807, 2.05) is 18.2 Å². The molecular formula is C14H15NO3. The Morgan fingerprint density at radius 1 is 1.50 bits per heavy atom. The largest absolute Gasteiger partial charge is 0.468 e. The fourth-order valence-corrected chi connectivity index (χ4v) is 2.51. The Balaban J connectivity index is 2.70. The van der Waals surface area contributed by atoms with Crippen LogP contribution in [0.5, 0.6) is 0 Å². The molecule has 0 N–H and O–H groups in total. The molecule has 1 aliphatic heterocycles. The molecule has 1 atom stereocenters. The lowest BCUT2D eigenvalue weighted by molar-refractivity contribution is -0.151. The third-order valence-electron chi connectivity index (χ3n) is 3.38. The maximum atomic E-state index is 12.5. The lowest BCUT2D eigenvalue weighted by Crippen LogP contribution is -2.45. The van der Waals surface area contributed by atoms with Crippen LogP contribution in [0.1, 0.15) is 12.0 Å². The van der Waals surface area contributed by atoms with Crippen LogP contribution < -0.4 is 4.90 Å². The summed E-state index contributed by atoms with van der Waals surface area (Å²) in [6.07, 6.45) is 1.81. The Bertz CT molecular complexity index is 524. The van der Waals surface area contributed by atoms with Crippen LogP contribution in [0.3, 0.4) is 0 Å². The summed E-state index contributed by atoms with van der Waals surface area (Å²) < 4.78 is 4.83. The van der Waals surface area contributed by atoms with Gasteiger partial charge in [-0.05, 0) is 12.5 Å². The standard InChI is InChI=1S/C14H15NO3/c1-4-9-14(13(17)18-3)10-7-5-6-8-11(10)15(2)12(14)16/h4-8H,1,9H2,2-3H3/t14-/m1/s1. The van der Waals surface area contributed by atoms with Crippen molar-refractivity contribution < 1.29 is 14.3 Å². The molecule has 18 heavy (non-hydrogen) atoms. The van der Waals surface area contributed by atoms with E-state index in [1.54, 1.807) is 19.2 Å². The minimum absolute atomic E-state index is 0.236. The first-order valence-corrected chi connectivity index (χ1v) is 5.66. The summed E-state index contributed by atoms with van der Waals surface area (Å²) in [6.45, 7) is 3.64. The van der Waals surface area contributed by atoms with E-state index in [0.29, 0.717) is 5.56 Å². The van der Waals surface area contributed by atoms with Crippen LogP contribution in [0.2, 0.25) is 0 Å². The van der Waals surface area contributed by atoms with Gasteiger partial charge in [-0.1, -0.05) is 24.3 Å². The predicted octanol–water partition coefficient (Wildman–Crippen LogP) is 1.65. The summed E-state index contributed by atoms with van der Waals surface area (Å²) in [7, 11) is 2.95. The SMILES string of the molecule is C=CC[C@]1(C(=O)OC)C(=O)N(C)c2ccccc21. The zero-order valence-electron chi connectivity index (χ0n) is 10.5. The van der Waals surface area contributed by atoms with Gasteiger partial charge in [0.1, 0.15) is 0 Å². The molecule has 0 radical (unpaired) electrons. The highest BCUT2D eigenvalue weighted by Gasteiger charge is 2.55. The lowest BCUT2D eigenvalue weighted by atomic mass is 9.78. The van der Waals surface area contributed by atoms with Crippen molar-refractivity contribution >= 4 is 17.6 Å². The molecular weight excluding hydrogens is 230 g/mol. The fourth-order valence-electron chi connectivity index (χ4n) is 2.51. The van der Waals surface area contributed by atoms with Gasteiger partial charge < -0.3 is 9.64 Å². The van der Waals surface area contributed by atoms with Crippen molar-refractivity contribution in [3.05, 3.63) is 42.5 Å². The summed E-state index contributed by atoms with van der Waals surface area (Å²) in [4.78, 5) is 26.1. The van der Waals surface area contributed by atoms with Gasteiger partial charge in [0.25, 0.3) is 0 Å². The highest BCUT2D eigenvalue weighted by molar-refractivity contribution is 6.20. The highest BCUT2D eigenvalue weighted by atomic mass is 16.5. The van der Waals surface area contributed by atoms with Crippen LogP contribution in [0.25, 0.3) is 0 Å². The molecule has 0 aromatic heterocycles. The van der Waals surface area contributed by atoms with E-state index in [4.69, 9.17) is 4.74 Å². The maximum Gasteiger partial charge on any atom is 0.326 e. The molecule has 0 fully saturated rings. The maximum absolute atomic E-state index is 12.5. The van der Waals surface area contributed by atoms with E-state index in [2.05, 4.69) is 6.58 Å². The zero-order valence-corrected chi connectivity index (χ0v) is 10.5. The molecule has 1 aliphatic rings. The average molecular weight is 245 g/mol. The number of anilines is 1. The van der Waals surface area contributed by atoms with Gasteiger partial charge in [0.15, 0.2) is 5.41 Å². The number of allylic oxidation sites excluding steroid dienone is 1. The smallest absolute Gasteiger partial charge is 0.326 e. The normalized spacial score (nSPS) is 21.7. The number of ether oxygens (including phenoxy) is 1. The second-order valence-corrected chi connectivity index (χ2v) is 4.27. The van der Waals surface area contributed by atoms with E-state index in [0.717, 1.165) is 5.69 Å². The Labute approximate surface area is 106 Å². The number of hydrogen-bond donors (Lipinski definition) is 0. The number of methoxy groups -OCH3 is 1. The number of esters is 1. The monoisotopic (exact) mass is 245 g/mol. The second-order valence-electron chi connectivity index (χ2n) is 4.27. The number of hydrogen-bond acceptors (Lipinski definition) is 3. The van der Waals surface area contributed by atoms with Crippen molar-refractivity contribution in [3.8, 4) is 0 Å². The number of benzene rings is 1. The predicted molar refractivity (Wildman–Crippen MR) is 68.4 cm³/mol. The van der Waals surface area contributed by atoms with Gasteiger partial charge in [0.05, 0.1) is 7.11 Å². The second kappa shape index (κ2) is 4.29. The van der Waals surface area contributed by atoms with E-state index < -0.39 is 11.4 Å². The number of amides is 1. The van der Waals surface area contributed by atoms with Gasteiger partial charge in [-0.15, -0.1) is 6.58 Å². The highest BCUT2D eigenvalue weighted by Crippen LogP contribution is 2.44. The Hall–Kier alpha value is -2.10. The summed E-state index contributed by atoms with van der Waals surface area (Å²) in [5.74, 6) is -0.806. The average Bonchev–Trinajstić information content (AvgIpc) is 2.62. The molecule has 0 bridgehead atoms. The Morgan fingerprint density at radius 2 is 2.17 bits per heavy atom. The van der Waals surface area contributed by atoms with Crippen LogP contribution in [0.15, 0.2) is 36.9 Å². The third-order valence-corrected chi connectivity index (χ3v) is 3.38. The molecule has 0 aliphatic carbocycles. The van der Waals surface area contributed by atoms with Crippen molar-refractivity contribution in [2.75, 3.05) is 19.1 Å². The van der Waals surface area contributed by atoms with Gasteiger partial charge in [-0.3, -0.25) is 9.59 Å².